The molecule has 1 saturated carbocycles. The van der Waals surface area contributed by atoms with Crippen molar-refractivity contribution in [1.29, 1.82) is 0 Å². The van der Waals surface area contributed by atoms with Crippen LogP contribution in [0.25, 0.3) is 0 Å². The van der Waals surface area contributed by atoms with Crippen LogP contribution >= 0.6 is 0 Å². The third-order valence-corrected chi connectivity index (χ3v) is 2.95. The normalized spacial score (nSPS) is 13.7. The Labute approximate surface area is 113 Å². The molecule has 2 N–H and O–H groups in total. The number of carboxylic acid groups (broad SMARTS) is 1. The Morgan fingerprint density at radius 3 is 2.55 bits per heavy atom. The molecule has 8 nitrogen and oxygen atoms in total. The van der Waals surface area contributed by atoms with Crippen LogP contribution in [0.15, 0.2) is 12.1 Å². The fraction of sp³-hybridized carbons (Fsp3) is 0.333. The van der Waals surface area contributed by atoms with Gasteiger partial charge in [0.15, 0.2) is 0 Å². The van der Waals surface area contributed by atoms with Gasteiger partial charge in [0.1, 0.15) is 17.0 Å². The van der Waals surface area contributed by atoms with Gasteiger partial charge in [0.05, 0.1) is 12.0 Å². The molecule has 1 fully saturated rings. The number of ether oxygens (including phenoxy) is 1. The minimum absolute atomic E-state index is 0.0470. The zero-order valence-electron chi connectivity index (χ0n) is 10.6. The predicted octanol–water partition coefficient (Wildman–Crippen LogP) is 1.65. The van der Waals surface area contributed by atoms with E-state index in [1.165, 1.54) is 7.11 Å². The van der Waals surface area contributed by atoms with Gasteiger partial charge in [-0.25, -0.2) is 4.79 Å². The second kappa shape index (κ2) is 5.16. The van der Waals surface area contributed by atoms with Crippen LogP contribution in [0, 0.1) is 16.0 Å². The third-order valence-electron chi connectivity index (χ3n) is 2.95. The topological polar surface area (TPSA) is 119 Å². The SMILES string of the molecule is COc1cc(NC(=O)C2CC2)c([N+](=O)[O-])cc1C(=O)O. The Hall–Kier alpha value is -2.64. The van der Waals surface area contributed by atoms with Crippen molar-refractivity contribution in [1.82, 2.24) is 0 Å². The Bertz CT molecular complexity index is 594. The molecule has 0 unspecified atom stereocenters. The van der Waals surface area contributed by atoms with E-state index in [4.69, 9.17) is 9.84 Å². The van der Waals surface area contributed by atoms with Gasteiger partial charge in [0, 0.05) is 18.1 Å². The molecule has 1 aliphatic carbocycles. The van der Waals surface area contributed by atoms with Crippen LogP contribution in [-0.4, -0.2) is 29.0 Å². The van der Waals surface area contributed by atoms with Crippen LogP contribution < -0.4 is 10.1 Å². The largest absolute Gasteiger partial charge is 0.496 e. The number of nitro benzene ring substituents is 1. The van der Waals surface area contributed by atoms with E-state index in [1.807, 2.05) is 0 Å². The van der Waals surface area contributed by atoms with Gasteiger partial charge in [-0.1, -0.05) is 0 Å². The highest BCUT2D eigenvalue weighted by Gasteiger charge is 2.32. The number of hydrogen-bond donors (Lipinski definition) is 2. The summed E-state index contributed by atoms with van der Waals surface area (Å²) < 4.78 is 4.88. The summed E-state index contributed by atoms with van der Waals surface area (Å²) in [5.41, 5.74) is -0.866. The lowest BCUT2D eigenvalue weighted by Gasteiger charge is -2.10. The molecule has 1 amide bonds. The Balaban J connectivity index is 2.44. The van der Waals surface area contributed by atoms with Crippen molar-refractivity contribution >= 4 is 23.3 Å². The molecular formula is C12H12N2O6. The standard InChI is InChI=1S/C12H12N2O6/c1-20-10-5-8(13-11(15)6-2-3-6)9(14(18)19)4-7(10)12(16)17/h4-6H,2-3H2,1H3,(H,13,15)(H,16,17). The zero-order chi connectivity index (χ0) is 14.9. The number of nitrogens with zero attached hydrogens (tertiary/aromatic N) is 1. The average molecular weight is 280 g/mol. The molecular weight excluding hydrogens is 268 g/mol. The maximum absolute atomic E-state index is 11.7. The van der Waals surface area contributed by atoms with Crippen LogP contribution in [0.5, 0.6) is 5.75 Å². The summed E-state index contributed by atoms with van der Waals surface area (Å²) in [6, 6.07) is 2.03. The highest BCUT2D eigenvalue weighted by atomic mass is 16.6. The maximum Gasteiger partial charge on any atom is 0.339 e. The van der Waals surface area contributed by atoms with Gasteiger partial charge in [-0.2, -0.15) is 0 Å². The lowest BCUT2D eigenvalue weighted by molar-refractivity contribution is -0.384. The first-order valence-electron chi connectivity index (χ1n) is 5.84. The van der Waals surface area contributed by atoms with E-state index in [0.29, 0.717) is 0 Å². The molecule has 8 heteroatoms. The number of amides is 1. The summed E-state index contributed by atoms with van der Waals surface area (Å²) in [5, 5.41) is 22.4. The summed E-state index contributed by atoms with van der Waals surface area (Å²) in [5.74, 6) is -1.82. The summed E-state index contributed by atoms with van der Waals surface area (Å²) in [4.78, 5) is 32.9. The lowest BCUT2D eigenvalue weighted by Crippen LogP contribution is -2.15. The number of nitro groups is 1. The number of hydrogen-bond acceptors (Lipinski definition) is 5. The van der Waals surface area contributed by atoms with Gasteiger partial charge in [-0.05, 0) is 12.8 Å². The number of nitrogens with one attached hydrogen (secondary N) is 1. The highest BCUT2D eigenvalue weighted by Crippen LogP contribution is 2.35. The maximum atomic E-state index is 11.7. The van der Waals surface area contributed by atoms with Crippen molar-refractivity contribution in [2.24, 2.45) is 5.92 Å². The summed E-state index contributed by atoms with van der Waals surface area (Å²) in [6.07, 6.45) is 1.51. The number of carbonyl (C=O) groups excluding carboxylic acids is 1. The lowest BCUT2D eigenvalue weighted by atomic mass is 10.1. The second-order valence-corrected chi connectivity index (χ2v) is 4.40. The molecule has 0 saturated heterocycles. The molecule has 2 rings (SSSR count). The van der Waals surface area contributed by atoms with Gasteiger partial charge < -0.3 is 15.2 Å². The third kappa shape index (κ3) is 2.68. The summed E-state index contributed by atoms with van der Waals surface area (Å²) in [6.45, 7) is 0. The van der Waals surface area contributed by atoms with Gasteiger partial charge in [0.2, 0.25) is 5.91 Å². The smallest absolute Gasteiger partial charge is 0.339 e. The second-order valence-electron chi connectivity index (χ2n) is 4.40. The van der Waals surface area contributed by atoms with Gasteiger partial charge in [0.25, 0.3) is 5.69 Å². The Morgan fingerprint density at radius 2 is 2.10 bits per heavy atom. The quantitative estimate of drug-likeness (QED) is 0.625. The van der Waals surface area contributed by atoms with E-state index >= 15 is 0 Å². The molecule has 0 spiro atoms. The molecule has 1 aliphatic rings. The molecule has 1 aromatic carbocycles. The van der Waals surface area contributed by atoms with E-state index in [2.05, 4.69) is 5.32 Å². The molecule has 106 valence electrons. The molecule has 0 heterocycles. The zero-order valence-corrected chi connectivity index (χ0v) is 10.6. The first-order chi connectivity index (χ1) is 9.43. The van der Waals surface area contributed by atoms with E-state index in [0.717, 1.165) is 25.0 Å². The van der Waals surface area contributed by atoms with Crippen LogP contribution in [0.4, 0.5) is 11.4 Å². The summed E-state index contributed by atoms with van der Waals surface area (Å²) in [7, 11) is 1.25. The Kier molecular flexibility index (Phi) is 3.55. The van der Waals surface area contributed by atoms with Crippen LogP contribution in [0.1, 0.15) is 23.2 Å². The first-order valence-corrected chi connectivity index (χ1v) is 5.84. The van der Waals surface area contributed by atoms with E-state index in [-0.39, 0.29) is 28.8 Å². The van der Waals surface area contributed by atoms with E-state index in [1.54, 1.807) is 0 Å². The van der Waals surface area contributed by atoms with Gasteiger partial charge in [-0.3, -0.25) is 14.9 Å². The van der Waals surface area contributed by atoms with E-state index < -0.39 is 16.6 Å². The molecule has 0 aliphatic heterocycles. The number of carboxylic acids is 1. The van der Waals surface area contributed by atoms with Gasteiger partial charge >= 0.3 is 5.97 Å². The van der Waals surface area contributed by atoms with E-state index in [9.17, 15) is 19.7 Å². The van der Waals surface area contributed by atoms with Crippen molar-refractivity contribution in [3.63, 3.8) is 0 Å². The van der Waals surface area contributed by atoms with Crippen molar-refractivity contribution in [3.8, 4) is 5.75 Å². The van der Waals surface area contributed by atoms with Crippen molar-refractivity contribution in [2.45, 2.75) is 12.8 Å². The van der Waals surface area contributed by atoms with Crippen molar-refractivity contribution in [2.75, 3.05) is 12.4 Å². The summed E-state index contributed by atoms with van der Waals surface area (Å²) >= 11 is 0. The molecule has 1 aromatic rings. The average Bonchev–Trinajstić information content (AvgIpc) is 3.21. The molecule has 0 atom stereocenters. The minimum Gasteiger partial charge on any atom is -0.496 e. The predicted molar refractivity (Wildman–Crippen MR) is 68.0 cm³/mol. The number of aromatic carboxylic acids is 1. The first kappa shape index (κ1) is 13.8. The molecule has 20 heavy (non-hydrogen) atoms. The molecule has 0 aromatic heterocycles. The number of carbonyl (C=O) groups is 2. The number of anilines is 1. The van der Waals surface area contributed by atoms with Crippen molar-refractivity contribution in [3.05, 3.63) is 27.8 Å². The minimum atomic E-state index is -1.34. The fourth-order valence-electron chi connectivity index (χ4n) is 1.74. The van der Waals surface area contributed by atoms with Gasteiger partial charge in [-0.15, -0.1) is 0 Å². The van der Waals surface area contributed by atoms with Crippen molar-refractivity contribution < 1.29 is 24.4 Å². The monoisotopic (exact) mass is 280 g/mol. The van der Waals surface area contributed by atoms with Crippen LogP contribution in [-0.2, 0) is 4.79 Å². The number of rotatable bonds is 5. The Morgan fingerprint density at radius 1 is 1.45 bits per heavy atom. The molecule has 0 bridgehead atoms. The van der Waals surface area contributed by atoms with Crippen LogP contribution in [0.2, 0.25) is 0 Å². The van der Waals surface area contributed by atoms with Crippen LogP contribution in [0.3, 0.4) is 0 Å². The molecule has 0 radical (unpaired) electrons. The highest BCUT2D eigenvalue weighted by molar-refractivity contribution is 5.99. The fourth-order valence-corrected chi connectivity index (χ4v) is 1.74. The number of benzene rings is 1. The number of methoxy groups -OCH3 is 1.